The van der Waals surface area contributed by atoms with Crippen molar-refractivity contribution in [3.63, 3.8) is 0 Å². The number of unbranched alkanes of at least 4 members (excludes halogenated alkanes) is 1. The summed E-state index contributed by atoms with van der Waals surface area (Å²) in [6, 6.07) is 3.55. The van der Waals surface area contributed by atoms with Crippen LogP contribution in [0, 0.1) is 23.7 Å². The molecule has 1 aromatic carbocycles. The number of likely N-dealkylation sites (N-methyl/N-ethyl adjacent to an activating group) is 2. The third kappa shape index (κ3) is 25.2. The first-order valence-corrected chi connectivity index (χ1v) is 31.3. The highest BCUT2D eigenvalue weighted by atomic mass is 19.4. The van der Waals surface area contributed by atoms with Crippen LogP contribution in [0.3, 0.4) is 0 Å². The van der Waals surface area contributed by atoms with Crippen molar-refractivity contribution in [2.75, 3.05) is 101 Å². The second kappa shape index (κ2) is 40.1. The molecule has 0 bridgehead atoms. The predicted octanol–water partition coefficient (Wildman–Crippen LogP) is 4.54. The van der Waals surface area contributed by atoms with Crippen LogP contribution >= 0.6 is 0 Å². The monoisotopic (exact) mass is 1290 g/mol. The number of halogens is 3. The number of methoxy groups -OCH3 is 2. The molecule has 6 amide bonds. The van der Waals surface area contributed by atoms with Gasteiger partial charge in [-0.3, -0.25) is 43.3 Å². The van der Waals surface area contributed by atoms with Crippen molar-refractivity contribution in [2.24, 2.45) is 29.4 Å². The smallest absolute Gasteiger partial charge is 0.480 e. The number of rotatable bonds is 39. The Morgan fingerprint density at radius 2 is 1.48 bits per heavy atom. The van der Waals surface area contributed by atoms with Gasteiger partial charge in [0.2, 0.25) is 29.5 Å². The van der Waals surface area contributed by atoms with Gasteiger partial charge >= 0.3 is 18.1 Å². The average molecular weight is 1290 g/mol. The van der Waals surface area contributed by atoms with Crippen LogP contribution in [-0.2, 0) is 73.3 Å². The zero-order valence-corrected chi connectivity index (χ0v) is 54.5. The van der Waals surface area contributed by atoms with Crippen molar-refractivity contribution in [3.05, 3.63) is 36.0 Å². The number of fused-ring (bicyclic) bond motifs is 1. The molecule has 2 aliphatic rings. The number of H-pyrrole nitrogens is 1. The molecule has 1 aromatic heterocycles. The molecule has 2 fully saturated rings. The minimum Gasteiger partial charge on any atom is -0.480 e. The summed E-state index contributed by atoms with van der Waals surface area (Å²) in [5, 5.41) is 27.2. The van der Waals surface area contributed by atoms with Crippen molar-refractivity contribution in [2.45, 2.75) is 174 Å². The van der Waals surface area contributed by atoms with E-state index >= 15 is 0 Å². The molecule has 0 radical (unpaired) electrons. The molecule has 2 aromatic rings. The number of likely N-dealkylation sites (tertiary alicyclic amines) is 1. The van der Waals surface area contributed by atoms with Crippen LogP contribution in [-0.4, -0.2) is 238 Å². The number of para-hydroxylation sites is 1. The SMILES string of the molecule is CC[C@H](C)[C@@H]([C@@H](CC(=O)N1CCC[C@H]1[C@H](OC)[C@@H](C)C(=O)N[C@@H](Cc1c[nH]c2ccccc12)C(=O)N1CCCCO1)OC)N(C)C(=O)[C@@H](NC(=O)[C@H](C(C)C)N(C)CCOCCOCCOCCC(=O)NCCCC[C@H](N)C(=O)O)C(C)C.O=C(O)C(F)(F)F. The van der Waals surface area contributed by atoms with Crippen LogP contribution in [0.4, 0.5) is 13.2 Å². The van der Waals surface area contributed by atoms with E-state index in [1.165, 1.54) is 12.2 Å². The molecule has 0 aliphatic carbocycles. The van der Waals surface area contributed by atoms with Crippen LogP contribution in [0.1, 0.15) is 118 Å². The fraction of sp³-hybridized carbons (Fsp3) is 0.742. The summed E-state index contributed by atoms with van der Waals surface area (Å²) in [5.74, 6) is -6.67. The van der Waals surface area contributed by atoms with E-state index in [9.17, 15) is 46.7 Å². The number of hydrogen-bond donors (Lipinski definition) is 7. The Bertz CT molecular complexity index is 2540. The first kappa shape index (κ1) is 78.2. The summed E-state index contributed by atoms with van der Waals surface area (Å²) in [7, 11) is 6.65. The molecule has 28 heteroatoms. The Morgan fingerprint density at radius 3 is 2.06 bits per heavy atom. The molecule has 8 N–H and O–H groups in total. The van der Waals surface area contributed by atoms with E-state index in [0.717, 1.165) is 29.3 Å². The molecule has 2 saturated heterocycles. The number of alkyl halides is 3. The quantitative estimate of drug-likeness (QED) is 0.0452. The Balaban J connectivity index is 0.00000284. The van der Waals surface area contributed by atoms with E-state index in [1.54, 1.807) is 30.9 Å². The van der Waals surface area contributed by atoms with E-state index in [1.807, 2.05) is 84.0 Å². The Kier molecular flexibility index (Phi) is 34.8. The first-order valence-electron chi connectivity index (χ1n) is 31.3. The number of benzene rings is 1. The largest absolute Gasteiger partial charge is 0.490 e. The van der Waals surface area contributed by atoms with Gasteiger partial charge < -0.3 is 70.4 Å². The molecule has 25 nitrogen and oxygen atoms in total. The number of carboxylic acids is 2. The fourth-order valence-electron chi connectivity index (χ4n) is 11.2. The van der Waals surface area contributed by atoms with Crippen molar-refractivity contribution < 1.29 is 90.3 Å². The van der Waals surface area contributed by atoms with Gasteiger partial charge in [-0.15, -0.1) is 0 Å². The third-order valence-electron chi connectivity index (χ3n) is 16.5. The summed E-state index contributed by atoms with van der Waals surface area (Å²) in [6.07, 6.45) is 0.966. The summed E-state index contributed by atoms with van der Waals surface area (Å²) in [4.78, 5) is 118. The van der Waals surface area contributed by atoms with E-state index < -0.39 is 72.5 Å². The number of nitrogens with one attached hydrogen (secondary N) is 4. The Labute approximate surface area is 527 Å². The maximum Gasteiger partial charge on any atom is 0.490 e. The number of hydroxylamine groups is 2. The lowest BCUT2D eigenvalue weighted by Gasteiger charge is -2.41. The van der Waals surface area contributed by atoms with Crippen LogP contribution < -0.4 is 21.7 Å². The van der Waals surface area contributed by atoms with E-state index in [-0.39, 0.29) is 79.1 Å². The van der Waals surface area contributed by atoms with Crippen LogP contribution in [0.25, 0.3) is 10.9 Å². The minimum absolute atomic E-state index is 0.0453. The number of carbonyl (C=O) groups is 8. The normalized spacial score (nSPS) is 17.6. The zero-order chi connectivity index (χ0) is 67.3. The molecule has 0 spiro atoms. The predicted molar refractivity (Wildman–Crippen MR) is 328 cm³/mol. The number of amides is 6. The fourth-order valence-corrected chi connectivity index (χ4v) is 11.2. The molecule has 0 unspecified atom stereocenters. The lowest BCUT2D eigenvalue weighted by molar-refractivity contribution is -0.199. The topological polar surface area (TPSA) is 323 Å². The zero-order valence-electron chi connectivity index (χ0n) is 54.5. The van der Waals surface area contributed by atoms with E-state index in [4.69, 9.17) is 49.3 Å². The number of ether oxygens (including phenoxy) is 5. The van der Waals surface area contributed by atoms with Gasteiger partial charge in [0.25, 0.3) is 5.91 Å². The average Bonchev–Trinajstić information content (AvgIpc) is 2.96. The third-order valence-corrected chi connectivity index (χ3v) is 16.5. The van der Waals surface area contributed by atoms with Crippen LogP contribution in [0.2, 0.25) is 0 Å². The summed E-state index contributed by atoms with van der Waals surface area (Å²) >= 11 is 0. The Morgan fingerprint density at radius 1 is 0.833 bits per heavy atom. The number of carboxylic acid groups (broad SMARTS) is 2. The van der Waals surface area contributed by atoms with Crippen molar-refractivity contribution in [3.8, 4) is 0 Å². The molecule has 0 saturated carbocycles. The van der Waals surface area contributed by atoms with Gasteiger partial charge in [-0.05, 0) is 81.4 Å². The van der Waals surface area contributed by atoms with Crippen molar-refractivity contribution in [1.82, 2.24) is 40.7 Å². The second-order valence-corrected chi connectivity index (χ2v) is 23.8. The number of nitrogens with zero attached hydrogens (tertiary/aromatic N) is 4. The molecular weight excluding hydrogens is 1180 g/mol. The number of nitrogens with two attached hydrogens (primary N) is 1. The van der Waals surface area contributed by atoms with Gasteiger partial charge in [0.1, 0.15) is 18.1 Å². The van der Waals surface area contributed by atoms with Gasteiger partial charge in [0.05, 0.1) is 88.9 Å². The molecule has 3 heterocycles. The van der Waals surface area contributed by atoms with Crippen LogP contribution in [0.5, 0.6) is 0 Å². The standard InChI is InChI=1S/C60H101N9O14.C2HF3O2/c1-12-41(6)54(67(9)59(75)52(39(2)3)65-57(73)53(40(4)5)66(8)28-31-81-33-35-82-34-32-80-30-24-50(70)62-25-16-15-21-45(61)60(76)77)49(78-10)37-51(71)68-26-19-23-48(68)55(79-11)42(7)56(72)64-47(58(74)69-27-17-18-29-83-69)36-43-38-63-46-22-14-13-20-44(43)46;3-2(4,5)1(6)7/h13-14,20,22,38-42,45,47-49,52-55,63H,12,15-19,21,23-37,61H2,1-11H3,(H,62,70)(H,64,72)(H,65,73)(H,76,77);(H,6,7)/t41-,42+,45-,47-,48-,49+,52-,53-,54-,55+;/m0./s1. The Hall–Kier alpha value is -6.01. The molecule has 512 valence electrons. The van der Waals surface area contributed by atoms with E-state index in [2.05, 4.69) is 20.9 Å². The van der Waals surface area contributed by atoms with Gasteiger partial charge in [-0.1, -0.05) is 73.1 Å². The number of carbonyl (C=O) groups excluding carboxylic acids is 6. The number of aromatic nitrogens is 1. The number of aliphatic carboxylic acids is 2. The summed E-state index contributed by atoms with van der Waals surface area (Å²) < 4.78 is 60.9. The summed E-state index contributed by atoms with van der Waals surface area (Å²) in [6.45, 7) is 17.6. The maximum atomic E-state index is 14.8. The van der Waals surface area contributed by atoms with Gasteiger partial charge in [0.15, 0.2) is 0 Å². The van der Waals surface area contributed by atoms with Crippen molar-refractivity contribution >= 4 is 58.3 Å². The maximum absolute atomic E-state index is 14.8. The highest BCUT2D eigenvalue weighted by Crippen LogP contribution is 2.31. The molecule has 2 aliphatic heterocycles. The van der Waals surface area contributed by atoms with Crippen molar-refractivity contribution in [1.29, 1.82) is 0 Å². The highest BCUT2D eigenvalue weighted by molar-refractivity contribution is 5.91. The molecular formula is C62H102F3N9O16. The minimum atomic E-state index is -5.08. The van der Waals surface area contributed by atoms with E-state index in [0.29, 0.717) is 104 Å². The molecule has 4 rings (SSSR count). The summed E-state index contributed by atoms with van der Waals surface area (Å²) in [5.41, 5.74) is 7.30. The number of aromatic amines is 1. The van der Waals surface area contributed by atoms with Gasteiger partial charge in [-0.2, -0.15) is 13.2 Å². The first-order chi connectivity index (χ1) is 42.6. The van der Waals surface area contributed by atoms with Gasteiger partial charge in [0, 0.05) is 77.4 Å². The number of hydrogen-bond acceptors (Lipinski definition) is 16. The second-order valence-electron chi connectivity index (χ2n) is 23.8. The molecule has 90 heavy (non-hydrogen) atoms. The van der Waals surface area contributed by atoms with Crippen LogP contribution in [0.15, 0.2) is 30.5 Å². The molecule has 10 atom stereocenters. The lowest BCUT2D eigenvalue weighted by atomic mass is 9.89. The lowest BCUT2D eigenvalue weighted by Crippen LogP contribution is -2.60. The van der Waals surface area contributed by atoms with Gasteiger partial charge in [-0.25, -0.2) is 9.86 Å². The highest BCUT2D eigenvalue weighted by Gasteiger charge is 2.44.